The number of nitrogens with one attached hydrogen (secondary N) is 1. The Morgan fingerprint density at radius 1 is 1.17 bits per heavy atom. The molecule has 0 saturated heterocycles. The largest absolute Gasteiger partial charge is 0.313 e. The molecule has 0 aromatic heterocycles. The van der Waals surface area contributed by atoms with Gasteiger partial charge < -0.3 is 5.32 Å². The minimum absolute atomic E-state index is 0.856. The average Bonchev–Trinajstić information content (AvgIpc) is 3.03. The molecule has 1 aromatic rings. The second-order valence-corrected chi connectivity index (χ2v) is 5.73. The minimum atomic E-state index is 0.856. The van der Waals surface area contributed by atoms with Gasteiger partial charge in [-0.2, -0.15) is 0 Å². The van der Waals surface area contributed by atoms with Gasteiger partial charge in [0.2, 0.25) is 0 Å². The molecule has 0 unspecified atom stereocenters. The Morgan fingerprint density at radius 2 is 1.94 bits per heavy atom. The van der Waals surface area contributed by atoms with Gasteiger partial charge in [-0.15, -0.1) is 0 Å². The van der Waals surface area contributed by atoms with Crippen molar-refractivity contribution in [3.05, 3.63) is 34.9 Å². The molecule has 0 spiro atoms. The lowest BCUT2D eigenvalue weighted by Gasteiger charge is -2.22. The van der Waals surface area contributed by atoms with Crippen LogP contribution in [0.5, 0.6) is 0 Å². The summed E-state index contributed by atoms with van der Waals surface area (Å²) in [7, 11) is 0. The van der Waals surface area contributed by atoms with Crippen molar-refractivity contribution in [3.8, 4) is 0 Å². The molecule has 1 heterocycles. The number of benzene rings is 1. The van der Waals surface area contributed by atoms with Crippen molar-refractivity contribution < 1.29 is 0 Å². The van der Waals surface area contributed by atoms with Crippen LogP contribution in [-0.4, -0.2) is 17.5 Å². The van der Waals surface area contributed by atoms with Gasteiger partial charge in [0.05, 0.1) is 0 Å². The molecule has 1 fully saturated rings. The number of hydrogen-bond acceptors (Lipinski definition) is 2. The second-order valence-electron chi connectivity index (χ2n) is 5.73. The lowest BCUT2D eigenvalue weighted by molar-refractivity contribution is 0.202. The molecule has 1 aliphatic carbocycles. The molecule has 2 aliphatic rings. The Balaban J connectivity index is 1.68. The van der Waals surface area contributed by atoms with Gasteiger partial charge in [0.15, 0.2) is 0 Å². The first kappa shape index (κ1) is 12.2. The lowest BCUT2D eigenvalue weighted by atomic mass is 10.1. The van der Waals surface area contributed by atoms with Gasteiger partial charge in [-0.25, -0.2) is 0 Å². The Bertz CT molecular complexity index is 408. The van der Waals surface area contributed by atoms with Gasteiger partial charge >= 0.3 is 0 Å². The SMILES string of the molecule is CCNCc1ccc2c(c1)CN(C1CCCC1)C2. The summed E-state index contributed by atoms with van der Waals surface area (Å²) < 4.78 is 0. The fourth-order valence-electron chi connectivity index (χ4n) is 3.38. The van der Waals surface area contributed by atoms with Crippen LogP contribution in [0.4, 0.5) is 0 Å². The van der Waals surface area contributed by atoms with Gasteiger partial charge in [-0.3, -0.25) is 4.90 Å². The third-order valence-corrected chi connectivity index (χ3v) is 4.44. The lowest BCUT2D eigenvalue weighted by Crippen LogP contribution is -2.27. The van der Waals surface area contributed by atoms with Crippen LogP contribution in [0.25, 0.3) is 0 Å². The van der Waals surface area contributed by atoms with E-state index in [2.05, 4.69) is 35.3 Å². The van der Waals surface area contributed by atoms with Crippen LogP contribution in [0.3, 0.4) is 0 Å². The van der Waals surface area contributed by atoms with Crippen molar-refractivity contribution in [1.82, 2.24) is 10.2 Å². The van der Waals surface area contributed by atoms with E-state index < -0.39 is 0 Å². The molecule has 98 valence electrons. The first-order valence-corrected chi connectivity index (χ1v) is 7.42. The molecular weight excluding hydrogens is 220 g/mol. The fraction of sp³-hybridized carbons (Fsp3) is 0.625. The summed E-state index contributed by atoms with van der Waals surface area (Å²) in [6, 6.07) is 7.90. The molecule has 3 rings (SSSR count). The highest BCUT2D eigenvalue weighted by Crippen LogP contribution is 2.31. The van der Waals surface area contributed by atoms with E-state index in [1.807, 2.05) is 0 Å². The average molecular weight is 244 g/mol. The monoisotopic (exact) mass is 244 g/mol. The van der Waals surface area contributed by atoms with Crippen LogP contribution in [0.2, 0.25) is 0 Å². The third kappa shape index (κ3) is 2.45. The van der Waals surface area contributed by atoms with E-state index in [-0.39, 0.29) is 0 Å². The number of nitrogens with zero attached hydrogens (tertiary/aromatic N) is 1. The van der Waals surface area contributed by atoms with Crippen LogP contribution in [0.15, 0.2) is 18.2 Å². The van der Waals surface area contributed by atoms with Crippen LogP contribution < -0.4 is 5.32 Å². The normalized spacial score (nSPS) is 20.5. The highest BCUT2D eigenvalue weighted by molar-refractivity contribution is 5.35. The van der Waals surface area contributed by atoms with Crippen LogP contribution in [-0.2, 0) is 19.6 Å². The summed E-state index contributed by atoms with van der Waals surface area (Å²) in [4.78, 5) is 2.69. The molecule has 0 bridgehead atoms. The van der Waals surface area contributed by atoms with Gasteiger partial charge in [-0.05, 0) is 36.1 Å². The third-order valence-electron chi connectivity index (χ3n) is 4.44. The smallest absolute Gasteiger partial charge is 0.0243 e. The standard InChI is InChI=1S/C16H24N2/c1-2-17-10-13-7-8-14-11-18(12-15(14)9-13)16-5-3-4-6-16/h7-9,16-17H,2-6,10-12H2,1H3. The molecule has 1 aromatic carbocycles. The Kier molecular flexibility index (Phi) is 3.67. The Morgan fingerprint density at radius 3 is 2.72 bits per heavy atom. The molecule has 2 heteroatoms. The summed E-state index contributed by atoms with van der Waals surface area (Å²) in [5.41, 5.74) is 4.56. The van der Waals surface area contributed by atoms with Gasteiger partial charge in [0.1, 0.15) is 0 Å². The van der Waals surface area contributed by atoms with Crippen molar-refractivity contribution in [2.75, 3.05) is 6.54 Å². The van der Waals surface area contributed by atoms with Crippen molar-refractivity contribution in [1.29, 1.82) is 0 Å². The van der Waals surface area contributed by atoms with Crippen molar-refractivity contribution in [3.63, 3.8) is 0 Å². The van der Waals surface area contributed by atoms with Crippen molar-refractivity contribution in [2.24, 2.45) is 0 Å². The van der Waals surface area contributed by atoms with Gasteiger partial charge in [0, 0.05) is 25.7 Å². The summed E-state index contributed by atoms with van der Waals surface area (Å²) >= 11 is 0. The number of rotatable bonds is 4. The topological polar surface area (TPSA) is 15.3 Å². The molecular formula is C16H24N2. The van der Waals surface area contributed by atoms with Crippen LogP contribution >= 0.6 is 0 Å². The number of hydrogen-bond donors (Lipinski definition) is 1. The molecule has 0 radical (unpaired) electrons. The summed E-state index contributed by atoms with van der Waals surface area (Å²) in [5.74, 6) is 0. The van der Waals surface area contributed by atoms with E-state index in [1.54, 1.807) is 11.1 Å². The maximum atomic E-state index is 3.41. The highest BCUT2D eigenvalue weighted by Gasteiger charge is 2.27. The van der Waals surface area contributed by atoms with Crippen LogP contribution in [0, 0.1) is 0 Å². The maximum Gasteiger partial charge on any atom is 0.0243 e. The minimum Gasteiger partial charge on any atom is -0.313 e. The molecule has 1 saturated carbocycles. The zero-order valence-electron chi connectivity index (χ0n) is 11.4. The first-order valence-electron chi connectivity index (χ1n) is 7.42. The Hall–Kier alpha value is -0.860. The fourth-order valence-corrected chi connectivity index (χ4v) is 3.38. The molecule has 1 aliphatic heterocycles. The van der Waals surface area contributed by atoms with E-state index in [0.29, 0.717) is 0 Å². The van der Waals surface area contributed by atoms with Crippen molar-refractivity contribution >= 4 is 0 Å². The van der Waals surface area contributed by atoms with E-state index in [9.17, 15) is 0 Å². The molecule has 0 amide bonds. The zero-order valence-corrected chi connectivity index (χ0v) is 11.4. The highest BCUT2D eigenvalue weighted by atomic mass is 15.2. The molecule has 18 heavy (non-hydrogen) atoms. The van der Waals surface area contributed by atoms with Gasteiger partial charge in [0.25, 0.3) is 0 Å². The summed E-state index contributed by atoms with van der Waals surface area (Å²) in [6.07, 6.45) is 5.70. The summed E-state index contributed by atoms with van der Waals surface area (Å²) in [6.45, 7) is 6.58. The second kappa shape index (κ2) is 5.41. The zero-order chi connectivity index (χ0) is 12.4. The van der Waals surface area contributed by atoms with Gasteiger partial charge in [-0.1, -0.05) is 38.0 Å². The van der Waals surface area contributed by atoms with Crippen LogP contribution in [0.1, 0.15) is 49.3 Å². The molecule has 2 nitrogen and oxygen atoms in total. The van der Waals surface area contributed by atoms with E-state index in [1.165, 1.54) is 44.3 Å². The van der Waals surface area contributed by atoms with E-state index in [4.69, 9.17) is 0 Å². The Labute approximate surface area is 110 Å². The summed E-state index contributed by atoms with van der Waals surface area (Å²) in [5, 5.41) is 3.41. The van der Waals surface area contributed by atoms with E-state index in [0.717, 1.165) is 19.1 Å². The molecule has 1 N–H and O–H groups in total. The molecule has 0 atom stereocenters. The van der Waals surface area contributed by atoms with E-state index >= 15 is 0 Å². The number of fused-ring (bicyclic) bond motifs is 1. The quantitative estimate of drug-likeness (QED) is 0.875. The predicted octanol–water partition coefficient (Wildman–Crippen LogP) is 3.05. The maximum absolute atomic E-state index is 3.41. The predicted molar refractivity (Wildman–Crippen MR) is 75.3 cm³/mol. The first-order chi connectivity index (χ1) is 8.86. The van der Waals surface area contributed by atoms with Crippen molar-refractivity contribution in [2.45, 2.75) is 58.3 Å².